The van der Waals surface area contributed by atoms with Gasteiger partial charge in [-0.1, -0.05) is 0 Å². The van der Waals surface area contributed by atoms with Gasteiger partial charge < -0.3 is 15.9 Å². The molecule has 0 heterocycles. The van der Waals surface area contributed by atoms with Crippen molar-refractivity contribution in [2.45, 2.75) is 0 Å². The first-order valence-electron chi connectivity index (χ1n) is 6.50. The number of hydrazone groups is 1. The minimum atomic E-state index is -1.62. The maximum absolute atomic E-state index is 10.9. The summed E-state index contributed by atoms with van der Waals surface area (Å²) in [6, 6.07) is 2.84. The van der Waals surface area contributed by atoms with E-state index in [4.69, 9.17) is 15.9 Å². The smallest absolute Gasteiger partial charge is 0.352 e. The largest absolute Gasteiger partial charge is 0.478 e. The Morgan fingerprint density at radius 1 is 1.15 bits per heavy atom. The van der Waals surface area contributed by atoms with E-state index in [0.717, 1.165) is 36.6 Å². The quantitative estimate of drug-likeness (QED) is 0.167. The van der Waals surface area contributed by atoms with Crippen molar-refractivity contribution >= 4 is 35.2 Å². The highest BCUT2D eigenvalue weighted by molar-refractivity contribution is 6.00. The van der Waals surface area contributed by atoms with E-state index in [2.05, 4.69) is 10.5 Å². The Morgan fingerprint density at radius 2 is 1.81 bits per heavy atom. The first-order valence-corrected chi connectivity index (χ1v) is 6.50. The molecule has 1 aromatic carbocycles. The number of nitro groups is 2. The summed E-state index contributed by atoms with van der Waals surface area (Å²) < 4.78 is 0. The lowest BCUT2D eigenvalue weighted by Gasteiger charge is -2.01. The predicted molar refractivity (Wildman–Crippen MR) is 87.5 cm³/mol. The van der Waals surface area contributed by atoms with Crippen LogP contribution in [0.4, 0.5) is 17.1 Å². The Kier molecular flexibility index (Phi) is 6.48. The maximum atomic E-state index is 10.9. The van der Waals surface area contributed by atoms with Crippen LogP contribution in [0, 0.1) is 20.2 Å². The molecular weight excluding hydrogens is 354 g/mol. The highest BCUT2D eigenvalue weighted by Gasteiger charge is 2.19. The van der Waals surface area contributed by atoms with Gasteiger partial charge in [0.25, 0.3) is 5.69 Å². The van der Waals surface area contributed by atoms with E-state index in [0.29, 0.717) is 0 Å². The second kappa shape index (κ2) is 8.53. The maximum Gasteiger partial charge on any atom is 0.352 e. The number of anilines is 1. The molecule has 0 atom stereocenters. The predicted octanol–water partition coefficient (Wildman–Crippen LogP) is 0.839. The van der Waals surface area contributed by atoms with Crippen molar-refractivity contribution in [1.82, 2.24) is 0 Å². The third-order valence-corrected chi connectivity index (χ3v) is 2.75. The van der Waals surface area contributed by atoms with Crippen LogP contribution in [0.5, 0.6) is 0 Å². The molecule has 0 spiro atoms. The van der Waals surface area contributed by atoms with Gasteiger partial charge in [0.05, 0.1) is 21.5 Å². The van der Waals surface area contributed by atoms with Crippen molar-refractivity contribution in [3.05, 3.63) is 61.8 Å². The molecule has 1 rings (SSSR count). The minimum Gasteiger partial charge on any atom is -0.478 e. The van der Waals surface area contributed by atoms with Crippen molar-refractivity contribution in [3.8, 4) is 0 Å². The number of hydrogen-bond donors (Lipinski definition) is 4. The van der Waals surface area contributed by atoms with Gasteiger partial charge in [0.1, 0.15) is 11.4 Å². The molecule has 0 radical (unpaired) electrons. The molecule has 0 amide bonds. The van der Waals surface area contributed by atoms with Gasteiger partial charge in [-0.15, -0.1) is 0 Å². The number of allylic oxidation sites excluding steroid dienone is 1. The van der Waals surface area contributed by atoms with E-state index < -0.39 is 44.4 Å². The van der Waals surface area contributed by atoms with Gasteiger partial charge in [0, 0.05) is 12.3 Å². The van der Waals surface area contributed by atoms with Gasteiger partial charge in [-0.2, -0.15) is 5.10 Å². The van der Waals surface area contributed by atoms with Crippen LogP contribution in [-0.4, -0.2) is 38.2 Å². The van der Waals surface area contributed by atoms with E-state index in [1.54, 1.807) is 0 Å². The zero-order valence-corrected chi connectivity index (χ0v) is 12.7. The number of aliphatic carboxylic acids is 2. The summed E-state index contributed by atoms with van der Waals surface area (Å²) in [4.78, 5) is 41.5. The molecule has 0 saturated heterocycles. The van der Waals surface area contributed by atoms with E-state index in [1.165, 1.54) is 0 Å². The topological polar surface area (TPSA) is 211 Å². The number of nitro benzene ring substituents is 2. The number of nitrogens with two attached hydrogens (primary N) is 1. The van der Waals surface area contributed by atoms with Gasteiger partial charge in [0.15, 0.2) is 0 Å². The number of hydrogen-bond acceptors (Lipinski definition) is 9. The van der Waals surface area contributed by atoms with Crippen LogP contribution < -0.4 is 11.2 Å². The molecule has 26 heavy (non-hydrogen) atoms. The third kappa shape index (κ3) is 5.12. The van der Waals surface area contributed by atoms with Crippen LogP contribution in [0.15, 0.2) is 46.7 Å². The average Bonchev–Trinajstić information content (AvgIpc) is 2.56. The third-order valence-electron chi connectivity index (χ3n) is 2.75. The fourth-order valence-electron chi connectivity index (χ4n) is 1.56. The summed E-state index contributed by atoms with van der Waals surface area (Å²) in [7, 11) is 0. The molecule has 0 saturated carbocycles. The molecule has 0 aliphatic heterocycles. The highest BCUT2D eigenvalue weighted by atomic mass is 16.6. The van der Waals surface area contributed by atoms with Crippen molar-refractivity contribution < 1.29 is 29.6 Å². The molecule has 1 aromatic rings. The standard InChI is InChI=1S/C13H11N5O8/c14-11(13(21)22)8(12(19)20)2-1-5-15-16-9-4-3-7(17(23)24)6-10(9)18(25)26/h1-6,16H,14H2,(H,19,20)(H,21,22)/b2-1+,11-8-,15-5+. The molecule has 136 valence electrons. The zero-order chi connectivity index (χ0) is 19.9. The van der Waals surface area contributed by atoms with E-state index in [1.807, 2.05) is 0 Å². The van der Waals surface area contributed by atoms with Crippen molar-refractivity contribution in [1.29, 1.82) is 0 Å². The molecule has 13 heteroatoms. The van der Waals surface area contributed by atoms with Gasteiger partial charge in [0.2, 0.25) is 0 Å². The number of rotatable bonds is 8. The molecule has 13 nitrogen and oxygen atoms in total. The van der Waals surface area contributed by atoms with Crippen LogP contribution in [0.2, 0.25) is 0 Å². The van der Waals surface area contributed by atoms with Crippen molar-refractivity contribution in [2.75, 3.05) is 5.43 Å². The first-order chi connectivity index (χ1) is 12.1. The molecular formula is C13H11N5O8. The fourth-order valence-corrected chi connectivity index (χ4v) is 1.56. The minimum absolute atomic E-state index is 0.149. The molecule has 0 aromatic heterocycles. The number of nitrogens with zero attached hydrogens (tertiary/aromatic N) is 3. The van der Waals surface area contributed by atoms with E-state index >= 15 is 0 Å². The van der Waals surface area contributed by atoms with Gasteiger partial charge >= 0.3 is 17.6 Å². The molecule has 5 N–H and O–H groups in total. The highest BCUT2D eigenvalue weighted by Crippen LogP contribution is 2.28. The summed E-state index contributed by atoms with van der Waals surface area (Å²) in [5.41, 5.74) is 4.57. The van der Waals surface area contributed by atoms with Gasteiger partial charge in [-0.25, -0.2) is 9.59 Å². The summed E-state index contributed by atoms with van der Waals surface area (Å²) in [5.74, 6) is -3.20. The Hall–Kier alpha value is -4.29. The lowest BCUT2D eigenvalue weighted by Crippen LogP contribution is -2.16. The second-order valence-corrected chi connectivity index (χ2v) is 4.40. The van der Waals surface area contributed by atoms with Crippen molar-refractivity contribution in [2.24, 2.45) is 10.8 Å². The lowest BCUT2D eigenvalue weighted by atomic mass is 10.2. The fraction of sp³-hybridized carbons (Fsp3) is 0. The number of nitrogens with one attached hydrogen (secondary N) is 1. The Morgan fingerprint density at radius 3 is 2.31 bits per heavy atom. The molecule has 0 unspecified atom stereocenters. The summed E-state index contributed by atoms with van der Waals surface area (Å²) >= 11 is 0. The van der Waals surface area contributed by atoms with E-state index in [-0.39, 0.29) is 5.69 Å². The number of non-ortho nitro benzene ring substituents is 1. The Labute approximate surface area is 144 Å². The van der Waals surface area contributed by atoms with Crippen LogP contribution in [0.25, 0.3) is 0 Å². The monoisotopic (exact) mass is 365 g/mol. The SMILES string of the molecule is N/C(C(=O)O)=C(/C=C/C=N/Nc1ccc([N+](=O)[O-])cc1[N+](=O)[O-])C(=O)O. The van der Waals surface area contributed by atoms with Crippen LogP contribution in [-0.2, 0) is 9.59 Å². The van der Waals surface area contributed by atoms with E-state index in [9.17, 15) is 29.8 Å². The summed E-state index contributed by atoms with van der Waals surface area (Å²) in [6.07, 6.45) is 2.87. The van der Waals surface area contributed by atoms with Crippen LogP contribution in [0.3, 0.4) is 0 Å². The number of carboxylic acids is 2. The molecule has 0 fully saturated rings. The number of carbonyl (C=O) groups is 2. The van der Waals surface area contributed by atoms with Crippen LogP contribution >= 0.6 is 0 Å². The normalized spacial score (nSPS) is 12.0. The lowest BCUT2D eigenvalue weighted by molar-refractivity contribution is -0.393. The molecule has 0 aliphatic carbocycles. The second-order valence-electron chi connectivity index (χ2n) is 4.40. The van der Waals surface area contributed by atoms with Crippen LogP contribution in [0.1, 0.15) is 0 Å². The molecule has 0 bridgehead atoms. The Bertz CT molecular complexity index is 858. The average molecular weight is 365 g/mol. The van der Waals surface area contributed by atoms with Crippen molar-refractivity contribution in [3.63, 3.8) is 0 Å². The summed E-state index contributed by atoms with van der Waals surface area (Å²) in [5, 5.41) is 42.6. The summed E-state index contributed by atoms with van der Waals surface area (Å²) in [6.45, 7) is 0. The number of carboxylic acid groups (broad SMARTS) is 2. The molecule has 0 aliphatic rings. The van der Waals surface area contributed by atoms with Gasteiger partial charge in [-0.3, -0.25) is 25.7 Å². The van der Waals surface area contributed by atoms with Gasteiger partial charge in [-0.05, 0) is 18.2 Å². The number of benzene rings is 1. The Balaban J connectivity index is 2.97. The zero-order valence-electron chi connectivity index (χ0n) is 12.7. The first kappa shape index (κ1) is 19.8.